The first-order valence-corrected chi connectivity index (χ1v) is 9.62. The van der Waals surface area contributed by atoms with E-state index in [0.29, 0.717) is 5.92 Å². The van der Waals surface area contributed by atoms with Crippen LogP contribution in [-0.2, 0) is 6.54 Å². The molecule has 5 nitrogen and oxygen atoms in total. The summed E-state index contributed by atoms with van der Waals surface area (Å²) in [5.74, 6) is 1.12. The Morgan fingerprint density at radius 1 is 1.04 bits per heavy atom. The van der Waals surface area contributed by atoms with Crippen molar-refractivity contribution < 1.29 is 0 Å². The molecule has 2 aromatic heterocycles. The fourth-order valence-corrected chi connectivity index (χ4v) is 4.18. The predicted molar refractivity (Wildman–Crippen MR) is 113 cm³/mol. The highest BCUT2D eigenvalue weighted by Gasteiger charge is 2.26. The highest BCUT2D eigenvalue weighted by atomic mass is 15.2. The van der Waals surface area contributed by atoms with Gasteiger partial charge in [-0.1, -0.05) is 30.3 Å². The molecule has 0 radical (unpaired) electrons. The predicted octanol–water partition coefficient (Wildman–Crippen LogP) is 4.24. The van der Waals surface area contributed by atoms with Crippen molar-refractivity contribution in [2.75, 3.05) is 26.0 Å². The van der Waals surface area contributed by atoms with Crippen molar-refractivity contribution in [1.29, 1.82) is 0 Å². The van der Waals surface area contributed by atoms with E-state index < -0.39 is 0 Å². The molecule has 1 aliphatic heterocycles. The Hall–Kier alpha value is -3.18. The quantitative estimate of drug-likeness (QED) is 0.567. The lowest BCUT2D eigenvalue weighted by Gasteiger charge is -2.32. The van der Waals surface area contributed by atoms with E-state index in [1.807, 2.05) is 19.2 Å². The van der Waals surface area contributed by atoms with Gasteiger partial charge >= 0.3 is 0 Å². The van der Waals surface area contributed by atoms with Crippen molar-refractivity contribution in [1.82, 2.24) is 20.1 Å². The van der Waals surface area contributed by atoms with E-state index >= 15 is 0 Å². The van der Waals surface area contributed by atoms with E-state index in [2.05, 4.69) is 81.0 Å². The number of likely N-dealkylation sites (N-methyl/N-ethyl adjacent to an activating group) is 1. The average molecular weight is 369 g/mol. The Kier molecular flexibility index (Phi) is 4.10. The molecule has 0 amide bonds. The molecule has 0 fully saturated rings. The summed E-state index contributed by atoms with van der Waals surface area (Å²) in [4.78, 5) is 6.02. The summed E-state index contributed by atoms with van der Waals surface area (Å²) in [6, 6.07) is 21.4. The number of hydrogen-bond donors (Lipinski definition) is 2. The van der Waals surface area contributed by atoms with Crippen LogP contribution in [0, 0.1) is 0 Å². The van der Waals surface area contributed by atoms with Crippen LogP contribution in [0.1, 0.15) is 22.7 Å². The molecule has 5 heteroatoms. The summed E-state index contributed by atoms with van der Waals surface area (Å²) < 4.78 is 0. The Bertz CT molecular complexity index is 1100. The topological polar surface area (TPSA) is 56.8 Å². The zero-order valence-corrected chi connectivity index (χ0v) is 16.1. The summed E-state index contributed by atoms with van der Waals surface area (Å²) >= 11 is 0. The van der Waals surface area contributed by atoms with Crippen LogP contribution >= 0.6 is 0 Å². The minimum atomic E-state index is 0.341. The maximum atomic E-state index is 4.36. The number of aromatic nitrogens is 3. The zero-order chi connectivity index (χ0) is 19.1. The smallest absolute Gasteiger partial charge is 0.148 e. The highest BCUT2D eigenvalue weighted by molar-refractivity contribution is 5.80. The second-order valence-corrected chi connectivity index (χ2v) is 7.53. The van der Waals surface area contributed by atoms with Crippen LogP contribution in [0.5, 0.6) is 0 Å². The van der Waals surface area contributed by atoms with Crippen LogP contribution < -0.4 is 5.32 Å². The first-order chi connectivity index (χ1) is 13.7. The zero-order valence-electron chi connectivity index (χ0n) is 16.1. The molecule has 1 unspecified atom stereocenters. The summed E-state index contributed by atoms with van der Waals surface area (Å²) in [5.41, 5.74) is 7.24. The molecule has 3 heterocycles. The number of aromatic amines is 1. The van der Waals surface area contributed by atoms with Crippen LogP contribution in [-0.4, -0.2) is 40.7 Å². The molecule has 0 aliphatic carbocycles. The number of hydrogen-bond acceptors (Lipinski definition) is 4. The van der Waals surface area contributed by atoms with Gasteiger partial charge in [-0.25, -0.2) is 0 Å². The molecular formula is C23H23N5. The van der Waals surface area contributed by atoms with Crippen molar-refractivity contribution in [3.63, 3.8) is 0 Å². The van der Waals surface area contributed by atoms with Gasteiger partial charge in [0.2, 0.25) is 0 Å². The Morgan fingerprint density at radius 2 is 1.93 bits per heavy atom. The van der Waals surface area contributed by atoms with Gasteiger partial charge in [0, 0.05) is 42.8 Å². The number of nitrogens with one attached hydrogen (secondary N) is 2. The van der Waals surface area contributed by atoms with Crippen LogP contribution in [0.25, 0.3) is 22.2 Å². The van der Waals surface area contributed by atoms with Crippen molar-refractivity contribution in [3.8, 4) is 11.3 Å². The Balaban J connectivity index is 1.55. The van der Waals surface area contributed by atoms with Crippen LogP contribution in [0.4, 0.5) is 5.82 Å². The molecule has 28 heavy (non-hydrogen) atoms. The molecule has 1 aliphatic rings. The highest BCUT2D eigenvalue weighted by Crippen LogP contribution is 2.35. The van der Waals surface area contributed by atoms with Crippen LogP contribution in [0.3, 0.4) is 0 Å². The van der Waals surface area contributed by atoms with E-state index in [1.165, 1.54) is 27.7 Å². The van der Waals surface area contributed by atoms with Crippen molar-refractivity contribution in [2.45, 2.75) is 12.5 Å². The van der Waals surface area contributed by atoms with Crippen LogP contribution in [0.2, 0.25) is 0 Å². The van der Waals surface area contributed by atoms with Crippen molar-refractivity contribution >= 4 is 16.7 Å². The number of para-hydroxylation sites is 1. The second-order valence-electron chi connectivity index (χ2n) is 7.53. The van der Waals surface area contributed by atoms with E-state index in [4.69, 9.17) is 0 Å². The van der Waals surface area contributed by atoms with Gasteiger partial charge in [0.1, 0.15) is 5.82 Å². The monoisotopic (exact) mass is 369 g/mol. The third-order valence-electron chi connectivity index (χ3n) is 5.60. The number of fused-ring (bicyclic) bond motifs is 2. The molecule has 0 saturated carbocycles. The average Bonchev–Trinajstić information content (AvgIpc) is 3.17. The van der Waals surface area contributed by atoms with Gasteiger partial charge < -0.3 is 15.2 Å². The Labute approximate surface area is 164 Å². The van der Waals surface area contributed by atoms with Gasteiger partial charge in [-0.05, 0) is 53.9 Å². The van der Waals surface area contributed by atoms with Gasteiger partial charge in [-0.15, -0.1) is 10.2 Å². The molecule has 2 aromatic carbocycles. The maximum absolute atomic E-state index is 4.36. The summed E-state index contributed by atoms with van der Waals surface area (Å²) in [6.45, 7) is 1.96. The molecule has 0 saturated heterocycles. The normalized spacial score (nSPS) is 16.9. The fraction of sp³-hybridized carbons (Fsp3) is 0.217. The van der Waals surface area contributed by atoms with Gasteiger partial charge in [0.25, 0.3) is 0 Å². The lowest BCUT2D eigenvalue weighted by Crippen LogP contribution is -2.31. The first-order valence-electron chi connectivity index (χ1n) is 9.62. The summed E-state index contributed by atoms with van der Waals surface area (Å²) in [5, 5.41) is 12.9. The Morgan fingerprint density at radius 3 is 2.71 bits per heavy atom. The number of nitrogens with zero attached hydrogens (tertiary/aromatic N) is 3. The van der Waals surface area contributed by atoms with E-state index in [9.17, 15) is 0 Å². The number of benzene rings is 2. The molecule has 5 rings (SSSR count). The molecule has 4 aromatic rings. The maximum Gasteiger partial charge on any atom is 0.148 e. The molecule has 0 spiro atoms. The lowest BCUT2D eigenvalue weighted by molar-refractivity contribution is 0.294. The standard InChI is InChI=1S/C23H23N5/c1-24-23-10-9-21(26-27-23)16-7-8-18-17(11-16)13-28(2)14-19(18)22-12-15-5-3-4-6-20(15)25-22/h3-12,19,25H,13-14H2,1-2H3,(H,24,27). The fourth-order valence-electron chi connectivity index (χ4n) is 4.18. The van der Waals surface area contributed by atoms with Crippen molar-refractivity contribution in [2.24, 2.45) is 0 Å². The first kappa shape index (κ1) is 17.0. The minimum Gasteiger partial charge on any atom is -0.372 e. The van der Waals surface area contributed by atoms with Gasteiger partial charge in [-0.2, -0.15) is 0 Å². The van der Waals surface area contributed by atoms with Gasteiger partial charge in [0.15, 0.2) is 0 Å². The largest absolute Gasteiger partial charge is 0.372 e. The third-order valence-corrected chi connectivity index (χ3v) is 5.60. The molecule has 140 valence electrons. The molecule has 2 N–H and O–H groups in total. The summed E-state index contributed by atoms with van der Waals surface area (Å²) in [7, 11) is 4.04. The number of H-pyrrole nitrogens is 1. The lowest BCUT2D eigenvalue weighted by atomic mass is 9.86. The van der Waals surface area contributed by atoms with E-state index in [0.717, 1.165) is 30.2 Å². The minimum absolute atomic E-state index is 0.341. The van der Waals surface area contributed by atoms with E-state index in [-0.39, 0.29) is 0 Å². The number of rotatable bonds is 3. The van der Waals surface area contributed by atoms with Crippen molar-refractivity contribution in [3.05, 3.63) is 77.5 Å². The van der Waals surface area contributed by atoms with Gasteiger partial charge in [-0.3, -0.25) is 0 Å². The number of anilines is 1. The molecular weight excluding hydrogens is 346 g/mol. The summed E-state index contributed by atoms with van der Waals surface area (Å²) in [6.07, 6.45) is 0. The second kappa shape index (κ2) is 6.77. The molecule has 0 bridgehead atoms. The van der Waals surface area contributed by atoms with Crippen LogP contribution in [0.15, 0.2) is 60.7 Å². The SMILES string of the molecule is CNc1ccc(-c2ccc3c(c2)CN(C)CC3c2cc3ccccc3[nH]2)nn1. The molecule has 1 atom stereocenters. The van der Waals surface area contributed by atoms with Gasteiger partial charge in [0.05, 0.1) is 5.69 Å². The van der Waals surface area contributed by atoms with E-state index in [1.54, 1.807) is 0 Å². The third kappa shape index (κ3) is 2.94.